The lowest BCUT2D eigenvalue weighted by atomic mass is 10.1. The first-order valence-electron chi connectivity index (χ1n) is 6.62. The molecule has 0 spiro atoms. The van der Waals surface area contributed by atoms with E-state index in [4.69, 9.17) is 5.73 Å². The Kier molecular flexibility index (Phi) is 3.24. The van der Waals surface area contributed by atoms with Gasteiger partial charge in [-0.3, -0.25) is 4.98 Å². The van der Waals surface area contributed by atoms with Crippen molar-refractivity contribution >= 4 is 20.8 Å². The van der Waals surface area contributed by atoms with Gasteiger partial charge in [0.1, 0.15) is 0 Å². The number of benzene rings is 1. The number of hydrogen-bond donors (Lipinski definition) is 1. The maximum Gasteiger partial charge on any atom is 0.245 e. The molecule has 6 heteroatoms. The lowest BCUT2D eigenvalue weighted by Crippen LogP contribution is -2.40. The summed E-state index contributed by atoms with van der Waals surface area (Å²) in [5.41, 5.74) is 6.77. The van der Waals surface area contributed by atoms with Gasteiger partial charge in [0.2, 0.25) is 10.0 Å². The number of nitrogens with two attached hydrogens (primary N) is 1. The molecule has 1 saturated heterocycles. The number of pyridine rings is 1. The third-order valence-corrected chi connectivity index (χ3v) is 5.74. The van der Waals surface area contributed by atoms with E-state index >= 15 is 0 Å². The number of hydrogen-bond acceptors (Lipinski definition) is 4. The first-order chi connectivity index (χ1) is 9.51. The maximum atomic E-state index is 12.8. The number of aromatic nitrogens is 1. The minimum Gasteiger partial charge on any atom is -0.315 e. The smallest absolute Gasteiger partial charge is 0.245 e. The van der Waals surface area contributed by atoms with Gasteiger partial charge in [0, 0.05) is 29.7 Å². The lowest BCUT2D eigenvalue weighted by molar-refractivity contribution is 0.396. The van der Waals surface area contributed by atoms with Crippen LogP contribution in [-0.2, 0) is 10.0 Å². The van der Waals surface area contributed by atoms with E-state index in [-0.39, 0.29) is 0 Å². The average Bonchev–Trinajstić information content (AvgIpc) is 2.85. The molecule has 0 saturated carbocycles. The van der Waals surface area contributed by atoms with Crippen LogP contribution in [0.15, 0.2) is 35.5 Å². The second-order valence-electron chi connectivity index (χ2n) is 5.14. The SMILES string of the molecule is Cc1cncc2cccc(S(=O)(=O)N3CCCC3N)c12. The number of fused-ring (bicyclic) bond motifs is 1. The Morgan fingerprint density at radius 3 is 2.85 bits per heavy atom. The Morgan fingerprint density at radius 1 is 1.35 bits per heavy atom. The number of aryl methyl sites for hydroxylation is 1. The van der Waals surface area contributed by atoms with E-state index in [1.165, 1.54) is 4.31 Å². The summed E-state index contributed by atoms with van der Waals surface area (Å²) in [5, 5.41) is 1.57. The highest BCUT2D eigenvalue weighted by atomic mass is 32.2. The zero-order valence-electron chi connectivity index (χ0n) is 11.3. The van der Waals surface area contributed by atoms with Crippen LogP contribution in [0.2, 0.25) is 0 Å². The van der Waals surface area contributed by atoms with Gasteiger partial charge in [-0.05, 0) is 31.4 Å². The molecule has 1 atom stereocenters. The predicted octanol–water partition coefficient (Wildman–Crippen LogP) is 1.61. The molecule has 1 aromatic carbocycles. The van der Waals surface area contributed by atoms with Crippen LogP contribution >= 0.6 is 0 Å². The van der Waals surface area contributed by atoms with E-state index < -0.39 is 16.2 Å². The first kappa shape index (κ1) is 13.5. The van der Waals surface area contributed by atoms with Crippen LogP contribution < -0.4 is 5.73 Å². The van der Waals surface area contributed by atoms with Crippen molar-refractivity contribution in [3.05, 3.63) is 36.2 Å². The summed E-state index contributed by atoms with van der Waals surface area (Å²) in [6.45, 7) is 2.36. The molecule has 1 unspecified atom stereocenters. The van der Waals surface area contributed by atoms with Gasteiger partial charge >= 0.3 is 0 Å². The molecule has 5 nitrogen and oxygen atoms in total. The van der Waals surface area contributed by atoms with Gasteiger partial charge in [0.05, 0.1) is 11.1 Å². The van der Waals surface area contributed by atoms with Crippen molar-refractivity contribution < 1.29 is 8.42 Å². The molecule has 106 valence electrons. The molecule has 3 rings (SSSR count). The summed E-state index contributed by atoms with van der Waals surface area (Å²) in [7, 11) is -3.56. The summed E-state index contributed by atoms with van der Waals surface area (Å²) < 4.78 is 27.1. The van der Waals surface area contributed by atoms with Crippen molar-refractivity contribution in [2.24, 2.45) is 5.73 Å². The summed E-state index contributed by atoms with van der Waals surface area (Å²) >= 11 is 0. The molecule has 1 aromatic heterocycles. The highest BCUT2D eigenvalue weighted by Gasteiger charge is 2.34. The van der Waals surface area contributed by atoms with E-state index in [9.17, 15) is 8.42 Å². The topological polar surface area (TPSA) is 76.3 Å². The molecule has 2 N–H and O–H groups in total. The molecular weight excluding hydrogens is 274 g/mol. The van der Waals surface area contributed by atoms with Gasteiger partial charge in [0.15, 0.2) is 0 Å². The molecular formula is C14H17N3O2S. The summed E-state index contributed by atoms with van der Waals surface area (Å²) in [6.07, 6.45) is 4.48. The molecule has 20 heavy (non-hydrogen) atoms. The molecule has 0 amide bonds. The normalized spacial score (nSPS) is 20.6. The van der Waals surface area contributed by atoms with Crippen molar-refractivity contribution in [2.45, 2.75) is 30.8 Å². The summed E-state index contributed by atoms with van der Waals surface area (Å²) in [5.74, 6) is 0. The van der Waals surface area contributed by atoms with Crippen molar-refractivity contribution in [1.82, 2.24) is 9.29 Å². The Balaban J connectivity index is 2.24. The molecule has 0 aliphatic carbocycles. The van der Waals surface area contributed by atoms with Gasteiger partial charge < -0.3 is 5.73 Å². The summed E-state index contributed by atoms with van der Waals surface area (Å²) in [4.78, 5) is 4.44. The van der Waals surface area contributed by atoms with E-state index in [2.05, 4.69) is 4.98 Å². The van der Waals surface area contributed by atoms with Crippen molar-refractivity contribution in [3.63, 3.8) is 0 Å². The lowest BCUT2D eigenvalue weighted by Gasteiger charge is -2.22. The standard InChI is InChI=1S/C14H17N3O2S/c1-10-8-16-9-11-4-2-5-12(14(10)11)20(18,19)17-7-3-6-13(17)15/h2,4-5,8-9,13H,3,6-7,15H2,1H3. The van der Waals surface area contributed by atoms with Crippen molar-refractivity contribution in [1.29, 1.82) is 0 Å². The fourth-order valence-corrected chi connectivity index (χ4v) is 4.65. The minimum atomic E-state index is -3.56. The van der Waals surface area contributed by atoms with Gasteiger partial charge in [-0.2, -0.15) is 4.31 Å². The number of nitrogens with zero attached hydrogens (tertiary/aromatic N) is 2. The van der Waals surface area contributed by atoms with Gasteiger partial charge in [-0.15, -0.1) is 0 Å². The molecule has 1 aliphatic heterocycles. The first-order valence-corrected chi connectivity index (χ1v) is 8.06. The zero-order valence-corrected chi connectivity index (χ0v) is 12.1. The quantitative estimate of drug-likeness (QED) is 0.912. The van der Waals surface area contributed by atoms with Gasteiger partial charge in [-0.1, -0.05) is 12.1 Å². The summed E-state index contributed by atoms with van der Waals surface area (Å²) in [6, 6.07) is 5.27. The molecule has 2 heterocycles. The van der Waals surface area contributed by atoms with Crippen LogP contribution in [0.4, 0.5) is 0 Å². The molecule has 1 aliphatic rings. The largest absolute Gasteiger partial charge is 0.315 e. The van der Waals surface area contributed by atoms with E-state index in [1.807, 2.05) is 13.0 Å². The van der Waals surface area contributed by atoms with Crippen molar-refractivity contribution in [3.8, 4) is 0 Å². The van der Waals surface area contributed by atoms with Crippen LogP contribution in [-0.4, -0.2) is 30.4 Å². The molecule has 0 bridgehead atoms. The highest BCUT2D eigenvalue weighted by Crippen LogP contribution is 2.30. The molecule has 0 radical (unpaired) electrons. The zero-order chi connectivity index (χ0) is 14.3. The van der Waals surface area contributed by atoms with E-state index in [0.717, 1.165) is 22.8 Å². The monoisotopic (exact) mass is 291 g/mol. The van der Waals surface area contributed by atoms with Crippen LogP contribution in [0.1, 0.15) is 18.4 Å². The molecule has 1 fully saturated rings. The van der Waals surface area contributed by atoms with Crippen molar-refractivity contribution in [2.75, 3.05) is 6.54 Å². The Morgan fingerprint density at radius 2 is 2.15 bits per heavy atom. The van der Waals surface area contributed by atoms with Crippen LogP contribution in [0.5, 0.6) is 0 Å². The second-order valence-corrected chi connectivity index (χ2v) is 6.99. The average molecular weight is 291 g/mol. The van der Waals surface area contributed by atoms with Gasteiger partial charge in [0.25, 0.3) is 0 Å². The minimum absolute atomic E-state index is 0.326. The second kappa shape index (κ2) is 4.80. The molecule has 2 aromatic rings. The number of rotatable bonds is 2. The third kappa shape index (κ3) is 2.00. The van der Waals surface area contributed by atoms with Crippen LogP contribution in [0.25, 0.3) is 10.8 Å². The van der Waals surface area contributed by atoms with Crippen LogP contribution in [0.3, 0.4) is 0 Å². The fourth-order valence-electron chi connectivity index (χ4n) is 2.78. The van der Waals surface area contributed by atoms with Gasteiger partial charge in [-0.25, -0.2) is 8.42 Å². The number of sulfonamides is 1. The maximum absolute atomic E-state index is 12.8. The predicted molar refractivity (Wildman–Crippen MR) is 77.6 cm³/mol. The third-order valence-electron chi connectivity index (χ3n) is 3.77. The van der Waals surface area contributed by atoms with E-state index in [1.54, 1.807) is 24.5 Å². The Labute approximate surface area is 118 Å². The fraction of sp³-hybridized carbons (Fsp3) is 0.357. The Hall–Kier alpha value is -1.50. The highest BCUT2D eigenvalue weighted by molar-refractivity contribution is 7.89. The van der Waals surface area contributed by atoms with Crippen LogP contribution in [0, 0.1) is 6.92 Å². The Bertz CT molecular complexity index is 753. The van der Waals surface area contributed by atoms with E-state index in [0.29, 0.717) is 17.9 Å².